The van der Waals surface area contributed by atoms with Crippen molar-refractivity contribution in [3.05, 3.63) is 70.1 Å². The predicted octanol–water partition coefficient (Wildman–Crippen LogP) is 3.58. The van der Waals surface area contributed by atoms with Crippen molar-refractivity contribution in [1.82, 2.24) is 9.88 Å². The van der Waals surface area contributed by atoms with Crippen LogP contribution in [0.4, 0.5) is 4.39 Å². The third-order valence-corrected chi connectivity index (χ3v) is 4.96. The highest BCUT2D eigenvalue weighted by Crippen LogP contribution is 2.32. The Labute approximate surface area is 148 Å². The van der Waals surface area contributed by atoms with Crippen LogP contribution in [0, 0.1) is 5.82 Å². The van der Waals surface area contributed by atoms with Gasteiger partial charge in [0.1, 0.15) is 11.9 Å². The smallest absolute Gasteiger partial charge is 0.321 e. The Morgan fingerprint density at radius 1 is 1.28 bits per heavy atom. The van der Waals surface area contributed by atoms with E-state index >= 15 is 0 Å². The van der Waals surface area contributed by atoms with E-state index in [9.17, 15) is 14.3 Å². The van der Waals surface area contributed by atoms with Gasteiger partial charge < -0.3 is 9.67 Å². The molecule has 1 atom stereocenters. The second-order valence-electron chi connectivity index (χ2n) is 6.28. The standard InChI is InChI=1S/C19H16ClFN2O2/c20-12-3-6-14-15-8-16(19(24)25)22-9-18(15)23(17(14)7-12)10-11-1-4-13(21)5-2-11/h1-7,16,22H,8-10H2,(H,24,25). The van der Waals surface area contributed by atoms with Gasteiger partial charge in [0.15, 0.2) is 0 Å². The molecule has 2 heterocycles. The molecule has 0 saturated heterocycles. The minimum absolute atomic E-state index is 0.267. The van der Waals surface area contributed by atoms with Gasteiger partial charge in [-0.05, 0) is 35.4 Å². The topological polar surface area (TPSA) is 54.3 Å². The van der Waals surface area contributed by atoms with Crippen molar-refractivity contribution in [2.75, 3.05) is 0 Å². The van der Waals surface area contributed by atoms with Crippen molar-refractivity contribution in [3.8, 4) is 0 Å². The van der Waals surface area contributed by atoms with Crippen molar-refractivity contribution < 1.29 is 14.3 Å². The number of hydrogen-bond acceptors (Lipinski definition) is 2. The lowest BCUT2D eigenvalue weighted by atomic mass is 9.98. The van der Waals surface area contributed by atoms with E-state index in [1.54, 1.807) is 12.1 Å². The highest BCUT2D eigenvalue weighted by atomic mass is 35.5. The Morgan fingerprint density at radius 3 is 2.76 bits per heavy atom. The number of aromatic nitrogens is 1. The summed E-state index contributed by atoms with van der Waals surface area (Å²) in [7, 11) is 0. The average molecular weight is 359 g/mol. The van der Waals surface area contributed by atoms with Crippen LogP contribution in [-0.2, 0) is 24.3 Å². The molecule has 0 spiro atoms. The van der Waals surface area contributed by atoms with E-state index in [-0.39, 0.29) is 5.82 Å². The molecule has 4 nitrogen and oxygen atoms in total. The van der Waals surface area contributed by atoms with E-state index < -0.39 is 12.0 Å². The van der Waals surface area contributed by atoms with E-state index in [1.165, 1.54) is 12.1 Å². The molecule has 1 aromatic heterocycles. The Morgan fingerprint density at radius 2 is 2.04 bits per heavy atom. The van der Waals surface area contributed by atoms with E-state index in [2.05, 4.69) is 9.88 Å². The number of aliphatic carboxylic acids is 1. The first-order chi connectivity index (χ1) is 12.0. The van der Waals surface area contributed by atoms with Crippen molar-refractivity contribution >= 4 is 28.5 Å². The predicted molar refractivity (Wildman–Crippen MR) is 94.4 cm³/mol. The summed E-state index contributed by atoms with van der Waals surface area (Å²) in [5.74, 6) is -1.11. The zero-order chi connectivity index (χ0) is 17.6. The van der Waals surface area contributed by atoms with Gasteiger partial charge in [-0.25, -0.2) is 4.39 Å². The van der Waals surface area contributed by atoms with Gasteiger partial charge >= 0.3 is 5.97 Å². The summed E-state index contributed by atoms with van der Waals surface area (Å²) in [6.45, 7) is 1.05. The van der Waals surface area contributed by atoms with Crippen LogP contribution in [0.1, 0.15) is 16.8 Å². The molecule has 0 aliphatic carbocycles. The molecule has 0 radical (unpaired) electrons. The molecule has 2 aromatic carbocycles. The van der Waals surface area contributed by atoms with E-state index in [4.69, 9.17) is 11.6 Å². The maximum atomic E-state index is 13.2. The zero-order valence-corrected chi connectivity index (χ0v) is 14.1. The fourth-order valence-electron chi connectivity index (χ4n) is 3.50. The van der Waals surface area contributed by atoms with Crippen molar-refractivity contribution in [3.63, 3.8) is 0 Å². The number of carbonyl (C=O) groups is 1. The number of nitrogens with zero attached hydrogens (tertiary/aromatic N) is 1. The molecule has 0 fully saturated rings. The minimum atomic E-state index is -0.848. The Kier molecular flexibility index (Phi) is 3.98. The molecular weight excluding hydrogens is 343 g/mol. The minimum Gasteiger partial charge on any atom is -0.480 e. The largest absolute Gasteiger partial charge is 0.480 e. The number of hydrogen-bond donors (Lipinski definition) is 2. The lowest BCUT2D eigenvalue weighted by molar-refractivity contribution is -0.139. The average Bonchev–Trinajstić information content (AvgIpc) is 2.89. The monoisotopic (exact) mass is 358 g/mol. The van der Waals surface area contributed by atoms with Crippen LogP contribution in [0.2, 0.25) is 5.02 Å². The van der Waals surface area contributed by atoms with Crippen molar-refractivity contribution in [2.45, 2.75) is 25.6 Å². The molecule has 3 aromatic rings. The zero-order valence-electron chi connectivity index (χ0n) is 13.3. The first-order valence-electron chi connectivity index (χ1n) is 8.03. The number of nitrogens with one attached hydrogen (secondary N) is 1. The summed E-state index contributed by atoms with van der Waals surface area (Å²) in [5, 5.41) is 14.0. The maximum Gasteiger partial charge on any atom is 0.321 e. The van der Waals surface area contributed by atoms with Gasteiger partial charge in [0.2, 0.25) is 0 Å². The van der Waals surface area contributed by atoms with Crippen LogP contribution < -0.4 is 5.32 Å². The van der Waals surface area contributed by atoms with Crippen LogP contribution >= 0.6 is 11.6 Å². The summed E-state index contributed by atoms with van der Waals surface area (Å²) < 4.78 is 15.3. The van der Waals surface area contributed by atoms with Gasteiger partial charge in [0.05, 0.1) is 5.52 Å². The summed E-state index contributed by atoms with van der Waals surface area (Å²) in [6, 6.07) is 11.5. The first kappa shape index (κ1) is 16.1. The molecule has 0 amide bonds. The maximum absolute atomic E-state index is 13.2. The third kappa shape index (κ3) is 2.90. The van der Waals surface area contributed by atoms with E-state index in [0.717, 1.165) is 27.7 Å². The lowest BCUT2D eigenvalue weighted by Gasteiger charge is -2.22. The van der Waals surface area contributed by atoms with Crippen LogP contribution in [0.15, 0.2) is 42.5 Å². The third-order valence-electron chi connectivity index (χ3n) is 4.73. The van der Waals surface area contributed by atoms with Crippen molar-refractivity contribution in [1.29, 1.82) is 0 Å². The summed E-state index contributed by atoms with van der Waals surface area (Å²) >= 11 is 6.18. The van der Waals surface area contributed by atoms with Crippen LogP contribution in [-0.4, -0.2) is 21.7 Å². The van der Waals surface area contributed by atoms with Gasteiger partial charge in [-0.3, -0.25) is 10.1 Å². The second-order valence-corrected chi connectivity index (χ2v) is 6.71. The molecule has 1 aliphatic rings. The molecule has 1 aliphatic heterocycles. The second kappa shape index (κ2) is 6.17. The number of carboxylic acid groups (broad SMARTS) is 1. The fraction of sp³-hybridized carbons (Fsp3) is 0.211. The summed E-state index contributed by atoms with van der Waals surface area (Å²) in [5.41, 5.74) is 4.04. The van der Waals surface area contributed by atoms with E-state index in [1.807, 2.05) is 18.2 Å². The van der Waals surface area contributed by atoms with Gasteiger partial charge in [-0.15, -0.1) is 0 Å². The number of halogens is 2. The number of rotatable bonds is 3. The molecule has 0 bridgehead atoms. The first-order valence-corrected chi connectivity index (χ1v) is 8.41. The Hall–Kier alpha value is -2.37. The molecular formula is C19H16ClFN2O2. The van der Waals surface area contributed by atoms with Crippen LogP contribution in [0.3, 0.4) is 0 Å². The van der Waals surface area contributed by atoms with E-state index in [0.29, 0.717) is 24.5 Å². The molecule has 1 unspecified atom stereocenters. The molecule has 0 saturated carbocycles. The molecule has 25 heavy (non-hydrogen) atoms. The van der Waals surface area contributed by atoms with Gasteiger partial charge in [0, 0.05) is 35.6 Å². The molecule has 4 rings (SSSR count). The summed E-state index contributed by atoms with van der Waals surface area (Å²) in [6.07, 6.45) is 0.430. The van der Waals surface area contributed by atoms with Crippen molar-refractivity contribution in [2.24, 2.45) is 0 Å². The molecule has 6 heteroatoms. The fourth-order valence-corrected chi connectivity index (χ4v) is 3.67. The van der Waals surface area contributed by atoms with Gasteiger partial charge in [-0.2, -0.15) is 0 Å². The number of benzene rings is 2. The number of fused-ring (bicyclic) bond motifs is 3. The Balaban J connectivity index is 1.84. The number of carboxylic acids is 1. The summed E-state index contributed by atoms with van der Waals surface area (Å²) in [4.78, 5) is 11.4. The highest BCUT2D eigenvalue weighted by molar-refractivity contribution is 6.31. The Bertz CT molecular complexity index is 966. The van der Waals surface area contributed by atoms with Crippen LogP contribution in [0.5, 0.6) is 0 Å². The van der Waals surface area contributed by atoms with Gasteiger partial charge in [0.25, 0.3) is 0 Å². The highest BCUT2D eigenvalue weighted by Gasteiger charge is 2.28. The molecule has 128 valence electrons. The SMILES string of the molecule is O=C(O)C1Cc2c(n(Cc3ccc(F)cc3)c3cc(Cl)ccc23)CN1. The quantitative estimate of drug-likeness (QED) is 0.752. The lowest BCUT2D eigenvalue weighted by Crippen LogP contribution is -2.42. The normalized spacial score (nSPS) is 16.8. The van der Waals surface area contributed by atoms with Crippen LogP contribution in [0.25, 0.3) is 10.9 Å². The molecule has 2 N–H and O–H groups in total. The van der Waals surface area contributed by atoms with Gasteiger partial charge in [-0.1, -0.05) is 29.8 Å².